The van der Waals surface area contributed by atoms with Crippen molar-refractivity contribution in [1.29, 1.82) is 0 Å². The summed E-state index contributed by atoms with van der Waals surface area (Å²) in [5.74, 6) is 0.931. The Hall–Kier alpha value is -0.120. The summed E-state index contributed by atoms with van der Waals surface area (Å²) in [7, 11) is 2.32. The number of fused-ring (bicyclic) bond motifs is 1. The second-order valence-electron chi connectivity index (χ2n) is 6.68. The lowest BCUT2D eigenvalue weighted by Gasteiger charge is -2.46. The van der Waals surface area contributed by atoms with Gasteiger partial charge in [-0.3, -0.25) is 0 Å². The van der Waals surface area contributed by atoms with Gasteiger partial charge in [-0.15, -0.1) is 0 Å². The fraction of sp³-hybridized carbons (Fsp3) is 1.00. The zero-order valence-corrected chi connectivity index (χ0v) is 13.2. The van der Waals surface area contributed by atoms with Gasteiger partial charge in [0.25, 0.3) is 0 Å². The highest BCUT2D eigenvalue weighted by atomic mass is 15.2. The van der Waals surface area contributed by atoms with Gasteiger partial charge in [0, 0.05) is 31.7 Å². The van der Waals surface area contributed by atoms with Crippen LogP contribution < -0.4 is 5.32 Å². The first kappa shape index (κ1) is 15.3. The van der Waals surface area contributed by atoms with E-state index in [9.17, 15) is 0 Å². The van der Waals surface area contributed by atoms with Crippen molar-refractivity contribution in [1.82, 2.24) is 15.1 Å². The zero-order chi connectivity index (χ0) is 13.7. The molecule has 0 aromatic rings. The van der Waals surface area contributed by atoms with E-state index in [-0.39, 0.29) is 0 Å². The second-order valence-corrected chi connectivity index (χ2v) is 6.68. The average molecular weight is 267 g/mol. The molecule has 0 bridgehead atoms. The Morgan fingerprint density at radius 1 is 1.26 bits per heavy atom. The lowest BCUT2D eigenvalue weighted by atomic mass is 9.84. The fourth-order valence-corrected chi connectivity index (χ4v) is 3.94. The van der Waals surface area contributed by atoms with E-state index in [2.05, 4.69) is 36.0 Å². The largest absolute Gasteiger partial charge is 0.313 e. The van der Waals surface area contributed by atoms with Crippen molar-refractivity contribution < 1.29 is 0 Å². The van der Waals surface area contributed by atoms with Crippen LogP contribution in [0.2, 0.25) is 0 Å². The van der Waals surface area contributed by atoms with Gasteiger partial charge in [0.15, 0.2) is 0 Å². The van der Waals surface area contributed by atoms with Gasteiger partial charge in [0.2, 0.25) is 0 Å². The van der Waals surface area contributed by atoms with Crippen LogP contribution in [-0.4, -0.2) is 61.7 Å². The summed E-state index contributed by atoms with van der Waals surface area (Å²) >= 11 is 0. The normalized spacial score (nSPS) is 31.1. The maximum atomic E-state index is 3.66. The van der Waals surface area contributed by atoms with E-state index < -0.39 is 0 Å². The molecule has 2 fully saturated rings. The predicted molar refractivity (Wildman–Crippen MR) is 82.6 cm³/mol. The highest BCUT2D eigenvalue weighted by Crippen LogP contribution is 2.29. The molecule has 3 heteroatoms. The fourth-order valence-electron chi connectivity index (χ4n) is 3.94. The molecule has 0 aromatic carbocycles. The van der Waals surface area contributed by atoms with Crippen molar-refractivity contribution in [2.75, 3.05) is 39.8 Å². The first-order chi connectivity index (χ1) is 9.20. The van der Waals surface area contributed by atoms with E-state index >= 15 is 0 Å². The number of nitrogens with zero attached hydrogens (tertiary/aromatic N) is 2. The Morgan fingerprint density at radius 3 is 2.89 bits per heavy atom. The molecule has 3 nitrogen and oxygen atoms in total. The molecule has 0 spiro atoms. The van der Waals surface area contributed by atoms with E-state index in [4.69, 9.17) is 0 Å². The highest BCUT2D eigenvalue weighted by Gasteiger charge is 2.33. The lowest BCUT2D eigenvalue weighted by molar-refractivity contribution is 0.0389. The monoisotopic (exact) mass is 267 g/mol. The molecule has 3 unspecified atom stereocenters. The minimum atomic E-state index is 0.684. The Bertz CT molecular complexity index is 256. The maximum absolute atomic E-state index is 3.66. The molecular formula is C16H33N3. The number of hydrogen-bond acceptors (Lipinski definition) is 3. The molecule has 2 heterocycles. The molecule has 2 rings (SSSR count). The standard InChI is InChI=1S/C16H33N3/c1-4-6-14(2)17-9-12-19-11-8-16-15(13-19)7-5-10-18(16)3/h14-17H,4-13H2,1-3H3. The van der Waals surface area contributed by atoms with Crippen molar-refractivity contribution in [2.24, 2.45) is 5.92 Å². The van der Waals surface area contributed by atoms with E-state index in [1.807, 2.05) is 0 Å². The molecule has 0 amide bonds. The van der Waals surface area contributed by atoms with Crippen molar-refractivity contribution in [2.45, 2.75) is 58.0 Å². The smallest absolute Gasteiger partial charge is 0.0145 e. The third-order valence-electron chi connectivity index (χ3n) is 5.07. The summed E-state index contributed by atoms with van der Waals surface area (Å²) in [6.07, 6.45) is 6.82. The van der Waals surface area contributed by atoms with Gasteiger partial charge in [-0.05, 0) is 58.7 Å². The summed E-state index contributed by atoms with van der Waals surface area (Å²) in [4.78, 5) is 5.29. The molecule has 2 aliphatic heterocycles. The van der Waals surface area contributed by atoms with Gasteiger partial charge < -0.3 is 15.1 Å². The third-order valence-corrected chi connectivity index (χ3v) is 5.07. The van der Waals surface area contributed by atoms with E-state index in [1.54, 1.807) is 0 Å². The third kappa shape index (κ3) is 4.44. The van der Waals surface area contributed by atoms with Crippen molar-refractivity contribution in [3.8, 4) is 0 Å². The van der Waals surface area contributed by atoms with Crippen LogP contribution in [0.25, 0.3) is 0 Å². The van der Waals surface area contributed by atoms with Crippen molar-refractivity contribution in [3.63, 3.8) is 0 Å². The molecule has 112 valence electrons. The number of piperidine rings is 2. The maximum Gasteiger partial charge on any atom is 0.0145 e. The number of likely N-dealkylation sites (tertiary alicyclic amines) is 2. The van der Waals surface area contributed by atoms with Gasteiger partial charge in [0.1, 0.15) is 0 Å². The van der Waals surface area contributed by atoms with Gasteiger partial charge in [-0.25, -0.2) is 0 Å². The summed E-state index contributed by atoms with van der Waals surface area (Å²) in [5.41, 5.74) is 0. The highest BCUT2D eigenvalue weighted by molar-refractivity contribution is 4.89. The Kier molecular flexibility index (Phi) is 6.11. The quantitative estimate of drug-likeness (QED) is 0.796. The van der Waals surface area contributed by atoms with Gasteiger partial charge in [-0.2, -0.15) is 0 Å². The Morgan fingerprint density at radius 2 is 2.11 bits per heavy atom. The van der Waals surface area contributed by atoms with E-state index in [0.29, 0.717) is 6.04 Å². The van der Waals surface area contributed by atoms with Crippen molar-refractivity contribution >= 4 is 0 Å². The van der Waals surface area contributed by atoms with Gasteiger partial charge >= 0.3 is 0 Å². The van der Waals surface area contributed by atoms with E-state index in [0.717, 1.165) is 18.5 Å². The molecule has 0 aliphatic carbocycles. The molecule has 3 atom stereocenters. The SMILES string of the molecule is CCCC(C)NCCN1CCC2C(CCCN2C)C1. The van der Waals surface area contributed by atoms with Crippen molar-refractivity contribution in [3.05, 3.63) is 0 Å². The predicted octanol–water partition coefficient (Wildman–Crippen LogP) is 2.18. The zero-order valence-electron chi connectivity index (χ0n) is 13.2. The average Bonchev–Trinajstić information content (AvgIpc) is 2.39. The number of rotatable bonds is 6. The summed E-state index contributed by atoms with van der Waals surface area (Å²) in [5, 5.41) is 3.66. The topological polar surface area (TPSA) is 18.5 Å². The van der Waals surface area contributed by atoms with E-state index in [1.165, 1.54) is 58.3 Å². The van der Waals surface area contributed by atoms with Crippen LogP contribution in [0.4, 0.5) is 0 Å². The summed E-state index contributed by atoms with van der Waals surface area (Å²) in [6, 6.07) is 1.56. The van der Waals surface area contributed by atoms with Crippen LogP contribution in [0.1, 0.15) is 46.0 Å². The van der Waals surface area contributed by atoms with Crippen LogP contribution in [0.5, 0.6) is 0 Å². The minimum Gasteiger partial charge on any atom is -0.313 e. The Balaban J connectivity index is 1.66. The molecule has 0 aromatic heterocycles. The lowest BCUT2D eigenvalue weighted by Crippen LogP contribution is -2.53. The van der Waals surface area contributed by atoms with Crippen LogP contribution in [0, 0.1) is 5.92 Å². The van der Waals surface area contributed by atoms with Gasteiger partial charge in [-0.1, -0.05) is 13.3 Å². The first-order valence-corrected chi connectivity index (χ1v) is 8.36. The van der Waals surface area contributed by atoms with Crippen LogP contribution in [0.3, 0.4) is 0 Å². The molecule has 0 saturated carbocycles. The molecule has 19 heavy (non-hydrogen) atoms. The number of nitrogens with one attached hydrogen (secondary N) is 1. The molecule has 2 saturated heterocycles. The summed E-state index contributed by atoms with van der Waals surface area (Å²) in [6.45, 7) is 10.9. The molecule has 2 aliphatic rings. The summed E-state index contributed by atoms with van der Waals surface area (Å²) < 4.78 is 0. The molecule has 0 radical (unpaired) electrons. The minimum absolute atomic E-state index is 0.684. The second kappa shape index (κ2) is 7.61. The van der Waals surface area contributed by atoms with Gasteiger partial charge in [0.05, 0.1) is 0 Å². The van der Waals surface area contributed by atoms with Crippen LogP contribution in [0.15, 0.2) is 0 Å². The van der Waals surface area contributed by atoms with Crippen LogP contribution in [-0.2, 0) is 0 Å². The molecule has 1 N–H and O–H groups in total. The Labute approximate surface area is 119 Å². The molecular weight excluding hydrogens is 234 g/mol. The van der Waals surface area contributed by atoms with Crippen LogP contribution >= 0.6 is 0 Å². The first-order valence-electron chi connectivity index (χ1n) is 8.36. The number of hydrogen-bond donors (Lipinski definition) is 1.